The second-order valence-corrected chi connectivity index (χ2v) is 9.91. The first-order chi connectivity index (χ1) is 14.8. The van der Waals surface area contributed by atoms with Gasteiger partial charge < -0.3 is 4.90 Å². The number of sulfonamides is 1. The zero-order valence-corrected chi connectivity index (χ0v) is 19.0. The van der Waals surface area contributed by atoms with Crippen molar-refractivity contribution in [3.63, 3.8) is 0 Å². The molecule has 0 aliphatic heterocycles. The molecule has 2 aromatic carbocycles. The van der Waals surface area contributed by atoms with E-state index in [0.29, 0.717) is 20.9 Å². The molecule has 0 bridgehead atoms. The molecule has 1 amide bonds. The molecule has 0 atom stereocenters. The van der Waals surface area contributed by atoms with Gasteiger partial charge in [0.1, 0.15) is 0 Å². The average Bonchev–Trinajstić information content (AvgIpc) is 3.15. The molecule has 0 unspecified atom stereocenters. The molecule has 9 heteroatoms. The lowest BCUT2D eigenvalue weighted by molar-refractivity contribution is 0.102. The maximum absolute atomic E-state index is 12.9. The number of anilines is 2. The highest BCUT2D eigenvalue weighted by Gasteiger charge is 2.23. The van der Waals surface area contributed by atoms with Crippen molar-refractivity contribution in [1.29, 1.82) is 0 Å². The molecule has 0 spiro atoms. The highest BCUT2D eigenvalue weighted by molar-refractivity contribution is 7.89. The number of amides is 1. The Bertz CT molecular complexity index is 1210. The highest BCUT2D eigenvalue weighted by Crippen LogP contribution is 2.29. The number of rotatable bonds is 9. The second kappa shape index (κ2) is 9.42. The van der Waals surface area contributed by atoms with Crippen LogP contribution in [0.1, 0.15) is 10.4 Å². The summed E-state index contributed by atoms with van der Waals surface area (Å²) in [6.45, 7) is 7.60. The zero-order valence-electron chi connectivity index (χ0n) is 17.4. The summed E-state index contributed by atoms with van der Waals surface area (Å²) in [4.78, 5) is 19.1. The number of fused-ring (bicyclic) bond motifs is 1. The van der Waals surface area contributed by atoms with E-state index in [-0.39, 0.29) is 23.9 Å². The van der Waals surface area contributed by atoms with Crippen molar-refractivity contribution in [3.05, 3.63) is 73.3 Å². The monoisotopic (exact) mass is 456 g/mol. The first-order valence-electron chi connectivity index (χ1n) is 9.47. The van der Waals surface area contributed by atoms with Crippen molar-refractivity contribution in [2.24, 2.45) is 0 Å². The quantitative estimate of drug-likeness (QED) is 0.493. The van der Waals surface area contributed by atoms with Crippen molar-refractivity contribution >= 4 is 48.3 Å². The van der Waals surface area contributed by atoms with Crippen LogP contribution in [-0.2, 0) is 10.0 Å². The van der Waals surface area contributed by atoms with Gasteiger partial charge >= 0.3 is 0 Å². The summed E-state index contributed by atoms with van der Waals surface area (Å²) in [7, 11) is 0.152. The van der Waals surface area contributed by atoms with Gasteiger partial charge in [0.2, 0.25) is 10.0 Å². The molecular weight excluding hydrogens is 432 g/mol. The summed E-state index contributed by atoms with van der Waals surface area (Å²) in [6, 6.07) is 11.9. The van der Waals surface area contributed by atoms with Crippen molar-refractivity contribution < 1.29 is 13.2 Å². The normalized spacial score (nSPS) is 11.5. The molecule has 0 saturated heterocycles. The van der Waals surface area contributed by atoms with Gasteiger partial charge in [0.05, 0.1) is 15.1 Å². The molecule has 7 nitrogen and oxygen atoms in total. The van der Waals surface area contributed by atoms with E-state index in [2.05, 4.69) is 23.5 Å². The number of nitrogens with one attached hydrogen (secondary N) is 1. The lowest BCUT2D eigenvalue weighted by Gasteiger charge is -2.18. The van der Waals surface area contributed by atoms with Gasteiger partial charge in [-0.2, -0.15) is 4.31 Å². The standard InChI is InChI=1S/C22H24N4O3S2/c1-5-13-26(14-6-2)31(28,29)18-11-12-19-20(15-18)30-22(23-19)24-21(27)16-7-9-17(10-8-16)25(3)4/h5-12,15H,1-2,13-14H2,3-4H3,(H,23,24,27). The molecule has 0 aliphatic rings. The molecule has 3 rings (SSSR count). The maximum atomic E-state index is 12.9. The van der Waals surface area contributed by atoms with E-state index in [0.717, 1.165) is 5.69 Å². The molecule has 162 valence electrons. The van der Waals surface area contributed by atoms with E-state index < -0.39 is 10.0 Å². The number of hydrogen-bond acceptors (Lipinski definition) is 6. The van der Waals surface area contributed by atoms with Crippen molar-refractivity contribution in [2.75, 3.05) is 37.4 Å². The predicted molar refractivity (Wildman–Crippen MR) is 127 cm³/mol. The molecule has 0 fully saturated rings. The van der Waals surface area contributed by atoms with Gasteiger partial charge in [-0.05, 0) is 42.5 Å². The minimum absolute atomic E-state index is 0.157. The first-order valence-corrected chi connectivity index (χ1v) is 11.7. The number of nitrogens with zero attached hydrogens (tertiary/aromatic N) is 3. The van der Waals surface area contributed by atoms with Crippen LogP contribution in [0.5, 0.6) is 0 Å². The third-order valence-corrected chi connectivity index (χ3v) is 7.29. The molecule has 1 aromatic heterocycles. The van der Waals surface area contributed by atoms with Crippen LogP contribution in [0.3, 0.4) is 0 Å². The number of thiazole rings is 1. The molecular formula is C22H24N4O3S2. The molecule has 3 aromatic rings. The Morgan fingerprint density at radius 3 is 2.32 bits per heavy atom. The van der Waals surface area contributed by atoms with Crippen LogP contribution in [0.15, 0.2) is 72.7 Å². The van der Waals surface area contributed by atoms with Gasteiger partial charge in [0, 0.05) is 38.4 Å². The third kappa shape index (κ3) is 5.01. The fourth-order valence-corrected chi connectivity index (χ4v) is 5.29. The molecule has 0 aliphatic carbocycles. The Balaban J connectivity index is 1.84. The minimum Gasteiger partial charge on any atom is -0.378 e. The van der Waals surface area contributed by atoms with E-state index in [1.807, 2.05) is 31.1 Å². The van der Waals surface area contributed by atoms with E-state index >= 15 is 0 Å². The summed E-state index contributed by atoms with van der Waals surface area (Å²) in [5.41, 5.74) is 2.12. The number of carbonyl (C=O) groups is 1. The Morgan fingerprint density at radius 1 is 1.10 bits per heavy atom. The van der Waals surface area contributed by atoms with Crippen molar-refractivity contribution in [2.45, 2.75) is 4.90 Å². The van der Waals surface area contributed by atoms with Gasteiger partial charge in [-0.25, -0.2) is 13.4 Å². The van der Waals surface area contributed by atoms with E-state index in [4.69, 9.17) is 0 Å². The summed E-state index contributed by atoms with van der Waals surface area (Å²) in [5.74, 6) is -0.277. The Labute approximate surface area is 186 Å². The van der Waals surface area contributed by atoms with E-state index in [1.165, 1.54) is 33.9 Å². The van der Waals surface area contributed by atoms with Crippen LogP contribution < -0.4 is 10.2 Å². The van der Waals surface area contributed by atoms with E-state index in [1.54, 1.807) is 24.3 Å². The Morgan fingerprint density at radius 2 is 1.74 bits per heavy atom. The maximum Gasteiger partial charge on any atom is 0.257 e. The van der Waals surface area contributed by atoms with Gasteiger partial charge in [-0.3, -0.25) is 10.1 Å². The zero-order chi connectivity index (χ0) is 22.6. The van der Waals surface area contributed by atoms with Crippen LogP contribution >= 0.6 is 11.3 Å². The van der Waals surface area contributed by atoms with Gasteiger partial charge in [-0.15, -0.1) is 13.2 Å². The number of benzene rings is 2. The smallest absolute Gasteiger partial charge is 0.257 e. The molecule has 0 radical (unpaired) electrons. The van der Waals surface area contributed by atoms with Gasteiger partial charge in [0.15, 0.2) is 5.13 Å². The molecule has 31 heavy (non-hydrogen) atoms. The summed E-state index contributed by atoms with van der Waals surface area (Å²) in [5, 5.41) is 3.19. The SMILES string of the molecule is C=CCN(CC=C)S(=O)(=O)c1ccc2nc(NC(=O)c3ccc(N(C)C)cc3)sc2c1. The molecule has 0 saturated carbocycles. The second-order valence-electron chi connectivity index (χ2n) is 6.94. The van der Waals surface area contributed by atoms with E-state index in [9.17, 15) is 13.2 Å². The Kier molecular flexibility index (Phi) is 6.89. The minimum atomic E-state index is -3.71. The third-order valence-electron chi connectivity index (χ3n) is 4.53. The van der Waals surface area contributed by atoms with Crippen LogP contribution in [0, 0.1) is 0 Å². The number of carbonyl (C=O) groups excluding carboxylic acids is 1. The van der Waals surface area contributed by atoms with Crippen LogP contribution in [0.2, 0.25) is 0 Å². The summed E-state index contributed by atoms with van der Waals surface area (Å²) in [6.07, 6.45) is 3.07. The van der Waals surface area contributed by atoms with Gasteiger partial charge in [-0.1, -0.05) is 23.5 Å². The van der Waals surface area contributed by atoms with Crippen LogP contribution in [0.25, 0.3) is 10.2 Å². The van der Waals surface area contributed by atoms with Crippen LogP contribution in [-0.4, -0.2) is 50.8 Å². The first kappa shape index (κ1) is 22.7. The van der Waals surface area contributed by atoms with Crippen molar-refractivity contribution in [1.82, 2.24) is 9.29 Å². The summed E-state index contributed by atoms with van der Waals surface area (Å²) >= 11 is 1.22. The predicted octanol–water partition coefficient (Wildman–Crippen LogP) is 3.98. The van der Waals surface area contributed by atoms with Crippen LogP contribution in [0.4, 0.5) is 10.8 Å². The largest absolute Gasteiger partial charge is 0.378 e. The average molecular weight is 457 g/mol. The number of aromatic nitrogens is 1. The summed E-state index contributed by atoms with van der Waals surface area (Å²) < 4.78 is 27.8. The van der Waals surface area contributed by atoms with Gasteiger partial charge in [0.25, 0.3) is 5.91 Å². The highest BCUT2D eigenvalue weighted by atomic mass is 32.2. The topological polar surface area (TPSA) is 82.6 Å². The fourth-order valence-electron chi connectivity index (χ4n) is 2.91. The molecule has 1 heterocycles. The molecule has 1 N–H and O–H groups in total. The lowest BCUT2D eigenvalue weighted by Crippen LogP contribution is -2.31. The lowest BCUT2D eigenvalue weighted by atomic mass is 10.2. The number of hydrogen-bond donors (Lipinski definition) is 1. The fraction of sp³-hybridized carbons (Fsp3) is 0.182. The van der Waals surface area contributed by atoms with Crippen molar-refractivity contribution in [3.8, 4) is 0 Å². The Hall–Kier alpha value is -3.01.